The van der Waals surface area contributed by atoms with E-state index in [1.807, 2.05) is 13.8 Å². The normalized spacial score (nSPS) is 11.8. The highest BCUT2D eigenvalue weighted by Crippen LogP contribution is 2.20. The van der Waals surface area contributed by atoms with E-state index in [1.165, 1.54) is 18.2 Å². The zero-order chi connectivity index (χ0) is 15.3. The third-order valence-electron chi connectivity index (χ3n) is 3.09. The highest BCUT2D eigenvalue weighted by atomic mass is 16.3. The van der Waals surface area contributed by atoms with Crippen LogP contribution in [0.25, 0.3) is 0 Å². The van der Waals surface area contributed by atoms with Crippen LogP contribution in [0.3, 0.4) is 0 Å². The predicted octanol–water partition coefficient (Wildman–Crippen LogP) is 0.961. The number of likely N-dealkylation sites (N-methyl/N-ethyl adjacent to an activating group) is 1. The SMILES string of the molecule is CCN(CC)C(=O)C(C)NC(=O)c1ccc(N)c(O)c1. The van der Waals surface area contributed by atoms with E-state index in [0.717, 1.165) is 0 Å². The Morgan fingerprint density at radius 3 is 2.45 bits per heavy atom. The number of carbonyl (C=O) groups excluding carboxylic acids is 2. The number of hydrogen-bond donors (Lipinski definition) is 3. The largest absolute Gasteiger partial charge is 0.506 e. The molecular weight excluding hydrogens is 258 g/mol. The maximum absolute atomic E-state index is 12.0. The maximum atomic E-state index is 12.0. The highest BCUT2D eigenvalue weighted by molar-refractivity contribution is 5.98. The molecule has 0 aromatic heterocycles. The van der Waals surface area contributed by atoms with Gasteiger partial charge in [-0.25, -0.2) is 0 Å². The van der Waals surface area contributed by atoms with E-state index in [-0.39, 0.29) is 22.9 Å². The van der Waals surface area contributed by atoms with Crippen LogP contribution in [0.1, 0.15) is 31.1 Å². The van der Waals surface area contributed by atoms with Gasteiger partial charge in [-0.3, -0.25) is 9.59 Å². The average molecular weight is 279 g/mol. The number of carbonyl (C=O) groups is 2. The lowest BCUT2D eigenvalue weighted by Gasteiger charge is -2.23. The minimum absolute atomic E-state index is 0.136. The van der Waals surface area contributed by atoms with Gasteiger partial charge in [0, 0.05) is 18.7 Å². The molecule has 0 spiro atoms. The standard InChI is InChI=1S/C14H21N3O3/c1-4-17(5-2)14(20)9(3)16-13(19)10-6-7-11(15)12(18)8-10/h6-9,18H,4-5,15H2,1-3H3,(H,16,19). The number of hydrogen-bond acceptors (Lipinski definition) is 4. The third kappa shape index (κ3) is 3.63. The van der Waals surface area contributed by atoms with Crippen LogP contribution < -0.4 is 11.1 Å². The van der Waals surface area contributed by atoms with Crippen molar-refractivity contribution in [2.24, 2.45) is 0 Å². The second kappa shape index (κ2) is 6.79. The molecule has 0 fully saturated rings. The van der Waals surface area contributed by atoms with Gasteiger partial charge < -0.3 is 21.1 Å². The van der Waals surface area contributed by atoms with Gasteiger partial charge in [0.15, 0.2) is 0 Å². The van der Waals surface area contributed by atoms with E-state index in [2.05, 4.69) is 5.32 Å². The molecule has 0 bridgehead atoms. The Bertz CT molecular complexity index is 498. The molecule has 1 unspecified atom stereocenters. The molecular formula is C14H21N3O3. The fourth-order valence-electron chi connectivity index (χ4n) is 1.84. The molecule has 0 aliphatic heterocycles. The van der Waals surface area contributed by atoms with E-state index < -0.39 is 11.9 Å². The molecule has 0 aliphatic rings. The van der Waals surface area contributed by atoms with Gasteiger partial charge in [0.05, 0.1) is 5.69 Å². The first-order valence-corrected chi connectivity index (χ1v) is 6.58. The van der Waals surface area contributed by atoms with Crippen molar-refractivity contribution in [2.45, 2.75) is 26.8 Å². The summed E-state index contributed by atoms with van der Waals surface area (Å²) in [5.41, 5.74) is 5.93. The number of nitrogens with zero attached hydrogens (tertiary/aromatic N) is 1. The van der Waals surface area contributed by atoms with Crippen LogP contribution in [0, 0.1) is 0 Å². The number of nitrogens with two attached hydrogens (primary N) is 1. The van der Waals surface area contributed by atoms with Crippen LogP contribution >= 0.6 is 0 Å². The minimum Gasteiger partial charge on any atom is -0.506 e. The van der Waals surface area contributed by atoms with Crippen LogP contribution in [-0.2, 0) is 4.79 Å². The van der Waals surface area contributed by atoms with Crippen molar-refractivity contribution in [2.75, 3.05) is 18.8 Å². The summed E-state index contributed by atoms with van der Waals surface area (Å²) in [4.78, 5) is 25.7. The fraction of sp³-hybridized carbons (Fsp3) is 0.429. The molecule has 6 nitrogen and oxygen atoms in total. The number of phenols is 1. The van der Waals surface area contributed by atoms with Gasteiger partial charge in [0.2, 0.25) is 5.91 Å². The van der Waals surface area contributed by atoms with E-state index in [4.69, 9.17) is 5.73 Å². The third-order valence-corrected chi connectivity index (χ3v) is 3.09. The van der Waals surface area contributed by atoms with Gasteiger partial charge in [-0.05, 0) is 39.0 Å². The summed E-state index contributed by atoms with van der Waals surface area (Å²) >= 11 is 0. The first-order valence-electron chi connectivity index (χ1n) is 6.58. The molecule has 110 valence electrons. The Morgan fingerprint density at radius 1 is 1.35 bits per heavy atom. The van der Waals surface area contributed by atoms with Crippen molar-refractivity contribution in [3.05, 3.63) is 23.8 Å². The Balaban J connectivity index is 2.74. The summed E-state index contributed by atoms with van der Waals surface area (Å²) in [6, 6.07) is 3.60. The zero-order valence-corrected chi connectivity index (χ0v) is 12.0. The second-order valence-electron chi connectivity index (χ2n) is 4.48. The molecule has 1 aromatic rings. The summed E-state index contributed by atoms with van der Waals surface area (Å²) in [5, 5.41) is 12.1. The van der Waals surface area contributed by atoms with Crippen molar-refractivity contribution in [3.8, 4) is 5.75 Å². The van der Waals surface area contributed by atoms with Gasteiger partial charge in [0.1, 0.15) is 11.8 Å². The van der Waals surface area contributed by atoms with Crippen molar-refractivity contribution in [3.63, 3.8) is 0 Å². The van der Waals surface area contributed by atoms with Crippen LogP contribution in [0.2, 0.25) is 0 Å². The molecule has 0 aliphatic carbocycles. The highest BCUT2D eigenvalue weighted by Gasteiger charge is 2.20. The van der Waals surface area contributed by atoms with Crippen molar-refractivity contribution in [1.82, 2.24) is 10.2 Å². The van der Waals surface area contributed by atoms with E-state index >= 15 is 0 Å². The molecule has 0 heterocycles. The summed E-state index contributed by atoms with van der Waals surface area (Å²) < 4.78 is 0. The van der Waals surface area contributed by atoms with Gasteiger partial charge in [-0.1, -0.05) is 0 Å². The van der Waals surface area contributed by atoms with Gasteiger partial charge in [-0.15, -0.1) is 0 Å². The number of nitrogens with one attached hydrogen (secondary N) is 1. The Labute approximate surface area is 118 Å². The number of anilines is 1. The van der Waals surface area contributed by atoms with E-state index in [1.54, 1.807) is 11.8 Å². The summed E-state index contributed by atoms with van der Waals surface area (Å²) in [5.74, 6) is -0.711. The second-order valence-corrected chi connectivity index (χ2v) is 4.48. The lowest BCUT2D eigenvalue weighted by atomic mass is 10.1. The van der Waals surface area contributed by atoms with Crippen LogP contribution in [0.15, 0.2) is 18.2 Å². The van der Waals surface area contributed by atoms with Gasteiger partial charge in [-0.2, -0.15) is 0 Å². The lowest BCUT2D eigenvalue weighted by Crippen LogP contribution is -2.46. The van der Waals surface area contributed by atoms with E-state index in [9.17, 15) is 14.7 Å². The first kappa shape index (κ1) is 15.8. The maximum Gasteiger partial charge on any atom is 0.252 e. The summed E-state index contributed by atoms with van der Waals surface area (Å²) in [6.45, 7) is 6.59. The summed E-state index contributed by atoms with van der Waals surface area (Å²) in [7, 11) is 0. The Hall–Kier alpha value is -2.24. The minimum atomic E-state index is -0.623. The van der Waals surface area contributed by atoms with Crippen molar-refractivity contribution >= 4 is 17.5 Å². The monoisotopic (exact) mass is 279 g/mol. The molecule has 20 heavy (non-hydrogen) atoms. The molecule has 0 saturated carbocycles. The molecule has 2 amide bonds. The Kier molecular flexibility index (Phi) is 5.37. The topological polar surface area (TPSA) is 95.7 Å². The molecule has 1 aromatic carbocycles. The average Bonchev–Trinajstić information content (AvgIpc) is 2.42. The zero-order valence-electron chi connectivity index (χ0n) is 12.0. The van der Waals surface area contributed by atoms with Gasteiger partial charge in [0.25, 0.3) is 5.91 Å². The predicted molar refractivity (Wildman–Crippen MR) is 77.4 cm³/mol. The fourth-order valence-corrected chi connectivity index (χ4v) is 1.84. The van der Waals surface area contributed by atoms with Crippen LogP contribution in [0.5, 0.6) is 5.75 Å². The number of rotatable bonds is 5. The Morgan fingerprint density at radius 2 is 1.95 bits per heavy atom. The number of aromatic hydroxyl groups is 1. The number of nitrogen functional groups attached to an aromatic ring is 1. The quantitative estimate of drug-likeness (QED) is 0.552. The number of phenolic OH excluding ortho intramolecular Hbond substituents is 1. The van der Waals surface area contributed by atoms with Crippen LogP contribution in [-0.4, -0.2) is 41.0 Å². The molecule has 0 saturated heterocycles. The molecule has 1 atom stereocenters. The molecule has 6 heteroatoms. The number of amides is 2. The van der Waals surface area contributed by atoms with Crippen LogP contribution in [0.4, 0.5) is 5.69 Å². The van der Waals surface area contributed by atoms with E-state index in [0.29, 0.717) is 13.1 Å². The van der Waals surface area contributed by atoms with Crippen molar-refractivity contribution in [1.29, 1.82) is 0 Å². The molecule has 4 N–H and O–H groups in total. The van der Waals surface area contributed by atoms with Gasteiger partial charge >= 0.3 is 0 Å². The first-order chi connectivity index (χ1) is 9.40. The molecule has 1 rings (SSSR count). The lowest BCUT2D eigenvalue weighted by molar-refractivity contribution is -0.132. The molecule has 0 radical (unpaired) electrons. The summed E-state index contributed by atoms with van der Waals surface area (Å²) in [6.07, 6.45) is 0. The van der Waals surface area contributed by atoms with Crippen molar-refractivity contribution < 1.29 is 14.7 Å². The number of benzene rings is 1. The smallest absolute Gasteiger partial charge is 0.252 e.